The van der Waals surface area contributed by atoms with Gasteiger partial charge in [0.2, 0.25) is 0 Å². The van der Waals surface area contributed by atoms with Gasteiger partial charge in [0.1, 0.15) is 0 Å². The van der Waals surface area contributed by atoms with Crippen LogP contribution < -0.4 is 48.0 Å². The van der Waals surface area contributed by atoms with Crippen molar-refractivity contribution in [3.63, 3.8) is 0 Å². The molecule has 0 aromatic heterocycles. The van der Waals surface area contributed by atoms with Crippen LogP contribution in [0, 0.1) is 0 Å². The van der Waals surface area contributed by atoms with Gasteiger partial charge in [0, 0.05) is 9.52 Å². The summed E-state index contributed by atoms with van der Waals surface area (Å²) in [5, 5.41) is 5.26. The summed E-state index contributed by atoms with van der Waals surface area (Å²) < 4.78 is 0. The van der Waals surface area contributed by atoms with Crippen LogP contribution in [0.15, 0.2) is 133 Å². The predicted octanol–water partition coefficient (Wildman–Crippen LogP) is 3.24. The van der Waals surface area contributed by atoms with E-state index in [1.165, 1.54) is 43.8 Å². The molecule has 0 nitrogen and oxygen atoms in total. The van der Waals surface area contributed by atoms with Crippen molar-refractivity contribution < 1.29 is 74.2 Å². The molecule has 0 heterocycles. The Hall–Kier alpha value is -1.34. The largest absolute Gasteiger partial charge is 4.00 e. The molecule has 0 bridgehead atoms. The monoisotopic (exact) mass is 784 g/mol. The van der Waals surface area contributed by atoms with Crippen LogP contribution in [0.25, 0.3) is 43.8 Å². The molecule has 0 aliphatic rings. The summed E-state index contributed by atoms with van der Waals surface area (Å²) in [6.45, 7) is 4.31. The molecular formula is C32H28I2SiZr. The number of rotatable bonds is 2. The molecule has 178 valence electrons. The first-order valence-corrected chi connectivity index (χ1v) is 13.3. The molecule has 6 aromatic rings. The van der Waals surface area contributed by atoms with E-state index >= 15 is 0 Å². The van der Waals surface area contributed by atoms with Crippen molar-refractivity contribution in [3.8, 4) is 22.3 Å². The molecule has 4 heteroatoms. The average Bonchev–Trinajstić information content (AvgIpc) is 3.51. The normalized spacial score (nSPS) is 9.39. The van der Waals surface area contributed by atoms with Crippen molar-refractivity contribution in [3.05, 3.63) is 133 Å². The van der Waals surface area contributed by atoms with E-state index in [1.54, 1.807) is 0 Å². The molecule has 0 saturated carbocycles. The summed E-state index contributed by atoms with van der Waals surface area (Å²) in [4.78, 5) is 0. The summed E-state index contributed by atoms with van der Waals surface area (Å²) in [6.07, 6.45) is 0. The van der Waals surface area contributed by atoms with Gasteiger partial charge in [-0.1, -0.05) is 121 Å². The summed E-state index contributed by atoms with van der Waals surface area (Å²) >= 11 is 0. The van der Waals surface area contributed by atoms with Gasteiger partial charge in [-0.05, 0) is 0 Å². The Morgan fingerprint density at radius 1 is 0.472 bits per heavy atom. The van der Waals surface area contributed by atoms with E-state index in [9.17, 15) is 0 Å². The summed E-state index contributed by atoms with van der Waals surface area (Å²) in [7, 11) is 1.08. The van der Waals surface area contributed by atoms with E-state index < -0.39 is 0 Å². The van der Waals surface area contributed by atoms with Crippen LogP contribution in [0.3, 0.4) is 0 Å². The fraction of sp³-hybridized carbons (Fsp3) is 0.0625. The Bertz CT molecular complexity index is 1230. The van der Waals surface area contributed by atoms with Gasteiger partial charge >= 0.3 is 26.2 Å². The van der Waals surface area contributed by atoms with Gasteiger partial charge in [0.05, 0.1) is 0 Å². The molecule has 0 saturated heterocycles. The molecule has 0 N–H and O–H groups in total. The average molecular weight is 786 g/mol. The van der Waals surface area contributed by atoms with E-state index in [-0.39, 0.29) is 74.2 Å². The predicted molar refractivity (Wildman–Crippen MR) is 147 cm³/mol. The Kier molecular flexibility index (Phi) is 15.6. The van der Waals surface area contributed by atoms with Gasteiger partial charge in [-0.25, -0.2) is 0 Å². The van der Waals surface area contributed by atoms with Crippen LogP contribution in [0.5, 0.6) is 0 Å². The summed E-state index contributed by atoms with van der Waals surface area (Å²) in [6, 6.07) is 46.9. The number of hydrogen-bond donors (Lipinski definition) is 0. The molecule has 0 unspecified atom stereocenters. The van der Waals surface area contributed by atoms with Gasteiger partial charge in [-0.2, -0.15) is 0 Å². The fourth-order valence-electron chi connectivity index (χ4n) is 3.90. The van der Waals surface area contributed by atoms with Crippen LogP contribution in [0.2, 0.25) is 13.1 Å². The zero-order valence-corrected chi connectivity index (χ0v) is 28.2. The molecule has 0 atom stereocenters. The van der Waals surface area contributed by atoms with E-state index in [0.717, 1.165) is 9.52 Å². The molecular weight excluding hydrogens is 757 g/mol. The van der Waals surface area contributed by atoms with Gasteiger partial charge < -0.3 is 48.0 Å². The first-order valence-electron chi connectivity index (χ1n) is 11.3. The Labute approximate surface area is 271 Å². The van der Waals surface area contributed by atoms with Crippen LogP contribution in [-0.4, -0.2) is 9.52 Å². The quantitative estimate of drug-likeness (QED) is 0.144. The molecule has 2 radical (unpaired) electrons. The molecule has 36 heavy (non-hydrogen) atoms. The molecule has 6 rings (SSSR count). The van der Waals surface area contributed by atoms with Crippen molar-refractivity contribution in [2.24, 2.45) is 0 Å². The van der Waals surface area contributed by atoms with E-state index in [4.69, 9.17) is 0 Å². The van der Waals surface area contributed by atoms with Crippen molar-refractivity contribution >= 4 is 31.1 Å². The zero-order chi connectivity index (χ0) is 22.9. The maximum atomic E-state index is 2.24. The van der Waals surface area contributed by atoms with Crippen LogP contribution >= 0.6 is 0 Å². The van der Waals surface area contributed by atoms with Crippen molar-refractivity contribution in [2.75, 3.05) is 0 Å². The molecule has 6 aromatic carbocycles. The van der Waals surface area contributed by atoms with Crippen molar-refractivity contribution in [1.82, 2.24) is 0 Å². The standard InChI is InChI=1S/2C15H11.C2H6Si.2HI.Zr/c2*1-2-6-12(7-3-1)15-10-13-8-4-5-9-14(13)11-15;1-3-2;;;/h2*1-11H;1-2H3;2*1H;/q2*-1;;;;+4/p-2. The number of fused-ring (bicyclic) bond motifs is 2. The second kappa shape index (κ2) is 17.2. The second-order valence-corrected chi connectivity index (χ2v) is 8.98. The van der Waals surface area contributed by atoms with Gasteiger partial charge in [-0.3, -0.25) is 0 Å². The number of halogens is 2. The fourth-order valence-corrected chi connectivity index (χ4v) is 3.90. The molecule has 0 aliphatic carbocycles. The number of hydrogen-bond acceptors (Lipinski definition) is 0. The topological polar surface area (TPSA) is 0 Å². The first kappa shape index (κ1) is 32.7. The maximum Gasteiger partial charge on any atom is 4.00 e. The smallest absolute Gasteiger partial charge is 1.00 e. The number of benzene rings is 4. The third-order valence-electron chi connectivity index (χ3n) is 5.45. The second-order valence-electron chi connectivity index (χ2n) is 7.98. The third kappa shape index (κ3) is 8.90. The van der Waals surface area contributed by atoms with E-state index in [1.807, 2.05) is 12.1 Å². The van der Waals surface area contributed by atoms with Crippen molar-refractivity contribution in [2.45, 2.75) is 13.1 Å². The van der Waals surface area contributed by atoms with E-state index in [2.05, 4.69) is 134 Å². The zero-order valence-electron chi connectivity index (χ0n) is 20.5. The SMILES string of the molecule is C[Si]C.[I-].[I-].[Zr+4].c1ccc(-c2cc3ccccc3[cH-]2)cc1.c1ccc(-c2cc3ccccc3[cH-]2)cc1. The van der Waals surface area contributed by atoms with Crippen LogP contribution in [-0.2, 0) is 26.2 Å². The molecule has 0 amide bonds. The summed E-state index contributed by atoms with van der Waals surface area (Å²) in [5.41, 5.74) is 5.18. The first-order chi connectivity index (χ1) is 16.3. The minimum Gasteiger partial charge on any atom is -1.00 e. The van der Waals surface area contributed by atoms with Crippen molar-refractivity contribution in [1.29, 1.82) is 0 Å². The van der Waals surface area contributed by atoms with Gasteiger partial charge in [0.15, 0.2) is 0 Å². The van der Waals surface area contributed by atoms with Crippen LogP contribution in [0.4, 0.5) is 0 Å². The third-order valence-corrected chi connectivity index (χ3v) is 5.45. The molecule has 0 spiro atoms. The Morgan fingerprint density at radius 2 is 0.778 bits per heavy atom. The van der Waals surface area contributed by atoms with Crippen LogP contribution in [0.1, 0.15) is 0 Å². The maximum absolute atomic E-state index is 2.24. The van der Waals surface area contributed by atoms with Gasteiger partial charge in [-0.15, -0.1) is 69.1 Å². The Morgan fingerprint density at radius 3 is 1.11 bits per heavy atom. The van der Waals surface area contributed by atoms with E-state index in [0.29, 0.717) is 0 Å². The van der Waals surface area contributed by atoms with Gasteiger partial charge in [0.25, 0.3) is 0 Å². The Balaban J connectivity index is 0.000000302. The minimum atomic E-state index is 0. The molecule has 0 aliphatic heterocycles. The minimum absolute atomic E-state index is 0. The molecule has 0 fully saturated rings. The summed E-state index contributed by atoms with van der Waals surface area (Å²) in [5.74, 6) is 0.